The van der Waals surface area contributed by atoms with E-state index in [0.717, 1.165) is 5.75 Å². The molecule has 0 radical (unpaired) electrons. The maximum atomic E-state index is 11.3. The van der Waals surface area contributed by atoms with Crippen molar-refractivity contribution in [3.8, 4) is 11.5 Å². The molecule has 0 heterocycles. The largest absolute Gasteiger partial charge is 0.497 e. The van der Waals surface area contributed by atoms with Crippen LogP contribution < -0.4 is 20.1 Å². The van der Waals surface area contributed by atoms with Gasteiger partial charge in [0.25, 0.3) is 0 Å². The van der Waals surface area contributed by atoms with Gasteiger partial charge < -0.3 is 20.1 Å². The van der Waals surface area contributed by atoms with E-state index in [-0.39, 0.29) is 25.6 Å². The van der Waals surface area contributed by atoms with Crippen molar-refractivity contribution in [2.24, 2.45) is 0 Å². The summed E-state index contributed by atoms with van der Waals surface area (Å²) in [5.74, 6) is 0.261. The lowest BCUT2D eigenvalue weighted by atomic mass is 10.3. The summed E-state index contributed by atoms with van der Waals surface area (Å²) in [6.45, 7) is 0.760. The molecule has 6 nitrogen and oxygen atoms in total. The maximum absolute atomic E-state index is 11.3. The van der Waals surface area contributed by atoms with Crippen molar-refractivity contribution in [3.05, 3.63) is 24.3 Å². The van der Waals surface area contributed by atoms with Crippen LogP contribution in [0.3, 0.4) is 0 Å². The summed E-state index contributed by atoms with van der Waals surface area (Å²) in [4.78, 5) is 22.5. The molecule has 0 aliphatic rings. The lowest BCUT2D eigenvalue weighted by molar-refractivity contribution is -0.139. The molecule has 0 saturated carbocycles. The summed E-state index contributed by atoms with van der Waals surface area (Å²) >= 11 is 5.39. The predicted molar refractivity (Wildman–Crippen MR) is 75.2 cm³/mol. The number of halogens is 1. The summed E-state index contributed by atoms with van der Waals surface area (Å²) in [5, 5.41) is 4.81. The molecule has 7 heteroatoms. The van der Waals surface area contributed by atoms with Crippen molar-refractivity contribution in [3.63, 3.8) is 0 Å². The van der Waals surface area contributed by atoms with Crippen molar-refractivity contribution in [2.75, 3.05) is 32.7 Å². The highest BCUT2D eigenvalue weighted by atomic mass is 35.5. The first kappa shape index (κ1) is 16.1. The van der Waals surface area contributed by atoms with E-state index in [1.54, 1.807) is 31.4 Å². The molecule has 0 bridgehead atoms. The Bertz CT molecular complexity index is 437. The van der Waals surface area contributed by atoms with Crippen molar-refractivity contribution in [2.45, 2.75) is 0 Å². The molecule has 0 unspecified atom stereocenters. The van der Waals surface area contributed by atoms with Gasteiger partial charge >= 0.3 is 11.8 Å². The highest BCUT2D eigenvalue weighted by Gasteiger charge is 2.11. The Balaban J connectivity index is 2.20. The molecule has 0 spiro atoms. The zero-order chi connectivity index (χ0) is 14.8. The fourth-order valence-corrected chi connectivity index (χ4v) is 1.42. The van der Waals surface area contributed by atoms with Crippen LogP contribution in [0.5, 0.6) is 11.5 Å². The number of benzene rings is 1. The Morgan fingerprint density at radius 3 is 2.15 bits per heavy atom. The Morgan fingerprint density at radius 1 is 1.05 bits per heavy atom. The molecule has 1 aromatic rings. The van der Waals surface area contributed by atoms with E-state index in [4.69, 9.17) is 21.1 Å². The molecule has 0 aliphatic carbocycles. The molecular formula is C13H17ClN2O4. The first-order valence-electron chi connectivity index (χ1n) is 6.06. The molecule has 110 valence electrons. The first-order valence-corrected chi connectivity index (χ1v) is 6.59. The second-order valence-electron chi connectivity index (χ2n) is 3.72. The van der Waals surface area contributed by atoms with Crippen LogP contribution in [0.25, 0.3) is 0 Å². The highest BCUT2D eigenvalue weighted by molar-refractivity contribution is 6.35. The second-order valence-corrected chi connectivity index (χ2v) is 4.10. The van der Waals surface area contributed by atoms with Crippen molar-refractivity contribution < 1.29 is 19.1 Å². The van der Waals surface area contributed by atoms with E-state index in [0.29, 0.717) is 5.75 Å². The van der Waals surface area contributed by atoms with Gasteiger partial charge in [0.05, 0.1) is 13.7 Å². The number of hydrogen-bond acceptors (Lipinski definition) is 4. The zero-order valence-electron chi connectivity index (χ0n) is 11.1. The topological polar surface area (TPSA) is 76.7 Å². The minimum atomic E-state index is -0.701. The van der Waals surface area contributed by atoms with E-state index < -0.39 is 11.8 Å². The Morgan fingerprint density at radius 2 is 1.60 bits per heavy atom. The molecule has 0 atom stereocenters. The summed E-state index contributed by atoms with van der Waals surface area (Å²) in [7, 11) is 1.58. The number of carbonyl (C=O) groups is 2. The van der Waals surface area contributed by atoms with E-state index in [1.165, 1.54) is 0 Å². The molecule has 0 fully saturated rings. The number of rotatable bonds is 7. The van der Waals surface area contributed by atoms with Crippen LogP contribution >= 0.6 is 11.6 Å². The monoisotopic (exact) mass is 300 g/mol. The SMILES string of the molecule is COc1ccc(OCCNC(=O)C(=O)NCCCl)cc1. The summed E-state index contributed by atoms with van der Waals surface area (Å²) in [6.07, 6.45) is 0. The lowest BCUT2D eigenvalue weighted by Crippen LogP contribution is -2.41. The minimum absolute atomic E-state index is 0.235. The van der Waals surface area contributed by atoms with Gasteiger partial charge in [-0.15, -0.1) is 11.6 Å². The summed E-state index contributed by atoms with van der Waals surface area (Å²) < 4.78 is 10.4. The lowest BCUT2D eigenvalue weighted by Gasteiger charge is -2.08. The van der Waals surface area contributed by atoms with Gasteiger partial charge in [-0.3, -0.25) is 9.59 Å². The molecular weight excluding hydrogens is 284 g/mol. The Labute approximate surface area is 122 Å². The molecule has 0 aliphatic heterocycles. The number of nitrogens with one attached hydrogen (secondary N) is 2. The molecule has 0 aromatic heterocycles. The number of alkyl halides is 1. The van der Waals surface area contributed by atoms with Crippen molar-refractivity contribution in [1.29, 1.82) is 0 Å². The van der Waals surface area contributed by atoms with Gasteiger partial charge in [0.1, 0.15) is 18.1 Å². The van der Waals surface area contributed by atoms with Gasteiger partial charge in [-0.2, -0.15) is 0 Å². The number of carbonyl (C=O) groups excluding carboxylic acids is 2. The standard InChI is InChI=1S/C13H17ClN2O4/c1-19-10-2-4-11(5-3-10)20-9-8-16-13(18)12(17)15-7-6-14/h2-5H,6-9H2,1H3,(H,15,17)(H,16,18). The van der Waals surface area contributed by atoms with Crippen LogP contribution in [0, 0.1) is 0 Å². The molecule has 20 heavy (non-hydrogen) atoms. The first-order chi connectivity index (χ1) is 9.67. The average Bonchev–Trinajstić information content (AvgIpc) is 2.49. The second kappa shape index (κ2) is 9.03. The zero-order valence-corrected chi connectivity index (χ0v) is 11.9. The van der Waals surface area contributed by atoms with Gasteiger partial charge in [0.2, 0.25) is 0 Å². The fourth-order valence-electron chi connectivity index (χ4n) is 1.33. The third-order valence-corrected chi connectivity index (χ3v) is 2.49. The van der Waals surface area contributed by atoms with E-state index in [2.05, 4.69) is 10.6 Å². The molecule has 2 amide bonds. The van der Waals surface area contributed by atoms with E-state index >= 15 is 0 Å². The van der Waals surface area contributed by atoms with Gasteiger partial charge in [-0.25, -0.2) is 0 Å². The molecule has 0 saturated heterocycles. The van der Waals surface area contributed by atoms with Crippen LogP contribution in [0.15, 0.2) is 24.3 Å². The van der Waals surface area contributed by atoms with Crippen LogP contribution in [0.1, 0.15) is 0 Å². The summed E-state index contributed by atoms with van der Waals surface area (Å²) in [5.41, 5.74) is 0. The Hall–Kier alpha value is -1.95. The molecule has 1 rings (SSSR count). The van der Waals surface area contributed by atoms with E-state index in [9.17, 15) is 9.59 Å². The molecule has 1 aromatic carbocycles. The minimum Gasteiger partial charge on any atom is -0.497 e. The third-order valence-electron chi connectivity index (χ3n) is 2.30. The number of amides is 2. The summed E-state index contributed by atoms with van der Waals surface area (Å²) in [6, 6.07) is 7.06. The molecule has 2 N–H and O–H groups in total. The Kier molecular flexibility index (Phi) is 7.27. The number of hydrogen-bond donors (Lipinski definition) is 2. The van der Waals surface area contributed by atoms with Crippen LogP contribution in [0.4, 0.5) is 0 Å². The number of ether oxygens (including phenoxy) is 2. The van der Waals surface area contributed by atoms with Crippen molar-refractivity contribution >= 4 is 23.4 Å². The van der Waals surface area contributed by atoms with E-state index in [1.807, 2.05) is 0 Å². The number of methoxy groups -OCH3 is 1. The van der Waals surface area contributed by atoms with Gasteiger partial charge in [-0.05, 0) is 24.3 Å². The fraction of sp³-hybridized carbons (Fsp3) is 0.385. The normalized spacial score (nSPS) is 9.70. The van der Waals surface area contributed by atoms with Crippen LogP contribution in [-0.4, -0.2) is 44.5 Å². The van der Waals surface area contributed by atoms with Gasteiger partial charge in [-0.1, -0.05) is 0 Å². The average molecular weight is 301 g/mol. The smallest absolute Gasteiger partial charge is 0.309 e. The predicted octanol–water partition coefficient (Wildman–Crippen LogP) is 0.545. The van der Waals surface area contributed by atoms with Crippen LogP contribution in [0.2, 0.25) is 0 Å². The third kappa shape index (κ3) is 5.79. The van der Waals surface area contributed by atoms with Crippen LogP contribution in [-0.2, 0) is 9.59 Å². The quantitative estimate of drug-likeness (QED) is 0.438. The van der Waals surface area contributed by atoms with Crippen molar-refractivity contribution in [1.82, 2.24) is 10.6 Å². The highest BCUT2D eigenvalue weighted by Crippen LogP contribution is 2.16. The van der Waals surface area contributed by atoms with Gasteiger partial charge in [0, 0.05) is 12.4 Å². The van der Waals surface area contributed by atoms with Gasteiger partial charge in [0.15, 0.2) is 0 Å². The maximum Gasteiger partial charge on any atom is 0.309 e.